The molecule has 2 aromatic heterocycles. The van der Waals surface area contributed by atoms with E-state index in [4.69, 9.17) is 8.83 Å². The average molecular weight is 973 g/mol. The first-order chi connectivity index (χ1) is 37.0. The van der Waals surface area contributed by atoms with Crippen LogP contribution < -0.4 is 9.80 Å². The molecule has 0 spiro atoms. The van der Waals surface area contributed by atoms with E-state index in [1.807, 2.05) is 0 Å². The molecule has 0 radical (unpaired) electrons. The summed E-state index contributed by atoms with van der Waals surface area (Å²) in [7, 11) is 0. The third kappa shape index (κ3) is 6.74. The highest BCUT2D eigenvalue weighted by Gasteiger charge is 2.55. The van der Waals surface area contributed by atoms with E-state index in [9.17, 15) is 0 Å². The second kappa shape index (κ2) is 17.5. The lowest BCUT2D eigenvalue weighted by Crippen LogP contribution is -2.44. The van der Waals surface area contributed by atoms with Crippen molar-refractivity contribution in [1.82, 2.24) is 0 Å². The lowest BCUT2D eigenvalue weighted by atomic mass is 9.54. The third-order valence-electron chi connectivity index (χ3n) is 18.1. The molecular weight excluding hydrogens is 913 g/mol. The zero-order valence-electron chi connectivity index (χ0n) is 42.9. The summed E-state index contributed by atoms with van der Waals surface area (Å²) in [4.78, 5) is 4.88. The highest BCUT2D eigenvalue weighted by atomic mass is 16.3. The summed E-state index contributed by atoms with van der Waals surface area (Å²) in [6.45, 7) is 4.45. The van der Waals surface area contributed by atoms with Crippen molar-refractivity contribution in [2.75, 3.05) is 9.80 Å². The molecule has 0 atom stereocenters. The molecule has 0 saturated heterocycles. The predicted octanol–water partition coefficient (Wildman–Crippen LogP) is 20.8. The standard InChI is InChI=1S/C71H60N2O2/c1-45-19-9-13-29-61(45)72(63-31-17-27-59-55-25-11-15-33-65(55)74-69(59)63)51-37-41-53-47(43-51)35-39-57-58-40-36-48-44-52(38-42-54(48)68(58)71(67(53)57,49-21-5-3-6-22-49)50-23-7-4-8-24-50)73(62-30-14-10-20-46(62)2)64-32-18-28-60-56-26-12-16-34-66(56)75-70(60)64/h9-20,25-44,49-50H,3-8,21-24H2,1-2H3. The molecule has 0 N–H and O–H groups in total. The van der Waals surface area contributed by atoms with E-state index in [1.165, 1.54) is 108 Å². The number of furan rings is 2. The first-order valence-electron chi connectivity index (χ1n) is 27.7. The second-order valence-electron chi connectivity index (χ2n) is 22.1. The topological polar surface area (TPSA) is 32.8 Å². The maximum absolute atomic E-state index is 6.78. The van der Waals surface area contributed by atoms with Crippen LogP contribution in [0.2, 0.25) is 0 Å². The van der Waals surface area contributed by atoms with Crippen molar-refractivity contribution in [3.05, 3.63) is 216 Å². The summed E-state index contributed by atoms with van der Waals surface area (Å²) in [6.07, 6.45) is 12.9. The van der Waals surface area contributed by atoms with E-state index >= 15 is 0 Å². The molecule has 3 aliphatic rings. The van der Waals surface area contributed by atoms with E-state index in [0.29, 0.717) is 11.8 Å². The SMILES string of the molecule is Cc1ccccc1N(c1ccc2c3c(ccc2c1)-c1ccc2cc(N(c4ccccc4C)c4cccc5c4oc4ccccc45)ccc2c1C3(C1CCCCC1)C1CCCCC1)c1cccc2c1oc1ccccc12. The van der Waals surface area contributed by atoms with E-state index in [1.54, 1.807) is 11.1 Å². The van der Waals surface area contributed by atoms with E-state index in [0.717, 1.165) is 78.0 Å². The molecule has 0 unspecified atom stereocenters. The zero-order chi connectivity index (χ0) is 49.8. The van der Waals surface area contributed by atoms with Gasteiger partial charge in [-0.1, -0.05) is 172 Å². The largest absolute Gasteiger partial charge is 0.454 e. The highest BCUT2D eigenvalue weighted by Crippen LogP contribution is 2.65. The van der Waals surface area contributed by atoms with Crippen LogP contribution in [0.25, 0.3) is 76.5 Å². The molecular formula is C71H60N2O2. The lowest BCUT2D eigenvalue weighted by Gasteiger charge is -2.49. The zero-order valence-corrected chi connectivity index (χ0v) is 42.9. The summed E-state index contributed by atoms with van der Waals surface area (Å²) < 4.78 is 13.6. The van der Waals surface area contributed by atoms with Gasteiger partial charge < -0.3 is 18.6 Å². The minimum atomic E-state index is -0.126. The second-order valence-corrected chi connectivity index (χ2v) is 22.1. The fraction of sp³-hybridized carbons (Fsp3) is 0.211. The number of rotatable bonds is 8. The van der Waals surface area contributed by atoms with E-state index in [2.05, 4.69) is 218 Å². The van der Waals surface area contributed by atoms with Gasteiger partial charge in [-0.25, -0.2) is 0 Å². The Labute approximate surface area is 438 Å². The fourth-order valence-electron chi connectivity index (χ4n) is 14.9. The van der Waals surface area contributed by atoms with Gasteiger partial charge in [-0.05, 0) is 167 Å². The Kier molecular flexibility index (Phi) is 10.4. The molecule has 0 bridgehead atoms. The van der Waals surface area contributed by atoms with Crippen LogP contribution in [0.1, 0.15) is 86.5 Å². The molecule has 366 valence electrons. The van der Waals surface area contributed by atoms with Crippen LogP contribution in [0.5, 0.6) is 0 Å². The molecule has 0 amide bonds. The van der Waals surface area contributed by atoms with Crippen molar-refractivity contribution < 1.29 is 8.83 Å². The van der Waals surface area contributed by atoms with Gasteiger partial charge >= 0.3 is 0 Å². The summed E-state index contributed by atoms with van der Waals surface area (Å²) in [5, 5.41) is 9.96. The summed E-state index contributed by atoms with van der Waals surface area (Å²) in [6, 6.07) is 72.4. The van der Waals surface area contributed by atoms with Crippen molar-refractivity contribution in [3.8, 4) is 11.1 Å². The number of nitrogens with zero attached hydrogens (tertiary/aromatic N) is 2. The van der Waals surface area contributed by atoms with Crippen LogP contribution in [0.4, 0.5) is 34.1 Å². The van der Waals surface area contributed by atoms with E-state index < -0.39 is 0 Å². The monoisotopic (exact) mass is 972 g/mol. The van der Waals surface area contributed by atoms with Crippen LogP contribution >= 0.6 is 0 Å². The van der Waals surface area contributed by atoms with Crippen molar-refractivity contribution in [2.24, 2.45) is 11.8 Å². The van der Waals surface area contributed by atoms with Gasteiger partial charge in [0.15, 0.2) is 11.2 Å². The van der Waals surface area contributed by atoms with Crippen LogP contribution in [0.15, 0.2) is 203 Å². The minimum Gasteiger partial charge on any atom is -0.454 e. The minimum absolute atomic E-state index is 0.126. The fourth-order valence-corrected chi connectivity index (χ4v) is 14.9. The molecule has 4 nitrogen and oxygen atoms in total. The first-order valence-corrected chi connectivity index (χ1v) is 27.7. The highest BCUT2D eigenvalue weighted by molar-refractivity contribution is 6.13. The number of aryl methyl sites for hydroxylation is 2. The van der Waals surface area contributed by atoms with Crippen molar-refractivity contribution >= 4 is 99.5 Å². The molecule has 4 heteroatoms. The Morgan fingerprint density at radius 3 is 1.21 bits per heavy atom. The third-order valence-corrected chi connectivity index (χ3v) is 18.1. The van der Waals surface area contributed by atoms with E-state index in [-0.39, 0.29) is 5.41 Å². The quantitative estimate of drug-likeness (QED) is 0.152. The molecule has 12 aromatic rings. The number of fused-ring (bicyclic) bond motifs is 13. The van der Waals surface area contributed by atoms with Crippen LogP contribution in [0, 0.1) is 25.7 Å². The van der Waals surface area contributed by atoms with Gasteiger partial charge in [0.05, 0.1) is 11.4 Å². The van der Waals surface area contributed by atoms with Gasteiger partial charge in [0, 0.05) is 49.7 Å². The molecule has 10 aromatic carbocycles. The number of benzene rings is 10. The molecule has 15 rings (SSSR count). The van der Waals surface area contributed by atoms with Crippen molar-refractivity contribution in [3.63, 3.8) is 0 Å². The molecule has 0 aliphatic heterocycles. The van der Waals surface area contributed by atoms with Crippen LogP contribution in [0.3, 0.4) is 0 Å². The Morgan fingerprint density at radius 1 is 0.360 bits per heavy atom. The van der Waals surface area contributed by atoms with Crippen LogP contribution in [-0.2, 0) is 5.41 Å². The maximum atomic E-state index is 6.78. The van der Waals surface area contributed by atoms with Crippen molar-refractivity contribution in [2.45, 2.75) is 83.5 Å². The summed E-state index contributed by atoms with van der Waals surface area (Å²) in [5.41, 5.74) is 18.7. The van der Waals surface area contributed by atoms with Gasteiger partial charge in [-0.15, -0.1) is 0 Å². The molecule has 2 fully saturated rings. The predicted molar refractivity (Wildman–Crippen MR) is 314 cm³/mol. The molecule has 2 heterocycles. The normalized spacial score (nSPS) is 15.9. The number of anilines is 6. The Balaban J connectivity index is 0.947. The number of hydrogen-bond acceptors (Lipinski definition) is 4. The van der Waals surface area contributed by atoms with Crippen molar-refractivity contribution in [1.29, 1.82) is 0 Å². The molecule has 75 heavy (non-hydrogen) atoms. The average Bonchev–Trinajstić information content (AvgIpc) is 4.33. The summed E-state index contributed by atoms with van der Waals surface area (Å²) in [5.74, 6) is 1.10. The Hall–Kier alpha value is -8.08. The smallest absolute Gasteiger partial charge is 0.159 e. The number of para-hydroxylation sites is 6. The maximum Gasteiger partial charge on any atom is 0.159 e. The first kappa shape index (κ1) is 44.4. The molecule has 2 saturated carbocycles. The van der Waals surface area contributed by atoms with Crippen LogP contribution in [-0.4, -0.2) is 0 Å². The van der Waals surface area contributed by atoms with Gasteiger partial charge in [-0.3, -0.25) is 0 Å². The lowest BCUT2D eigenvalue weighted by molar-refractivity contribution is 0.140. The van der Waals surface area contributed by atoms with Gasteiger partial charge in [0.1, 0.15) is 11.2 Å². The number of hydrogen-bond donors (Lipinski definition) is 0. The van der Waals surface area contributed by atoms with Gasteiger partial charge in [-0.2, -0.15) is 0 Å². The Bertz CT molecular complexity index is 3950. The Morgan fingerprint density at radius 2 is 0.760 bits per heavy atom. The summed E-state index contributed by atoms with van der Waals surface area (Å²) >= 11 is 0. The van der Waals surface area contributed by atoms with Gasteiger partial charge in [0.2, 0.25) is 0 Å². The van der Waals surface area contributed by atoms with Gasteiger partial charge in [0.25, 0.3) is 0 Å². The molecule has 3 aliphatic carbocycles.